The van der Waals surface area contributed by atoms with Crippen LogP contribution in [0.3, 0.4) is 0 Å². The topological polar surface area (TPSA) is 82.3 Å². The zero-order chi connectivity index (χ0) is 23.3. The second-order valence-electron chi connectivity index (χ2n) is 8.76. The molecule has 0 saturated carbocycles. The summed E-state index contributed by atoms with van der Waals surface area (Å²) in [5, 5.41) is 13.9. The lowest BCUT2D eigenvalue weighted by Crippen LogP contribution is -2.50. The SMILES string of the molecule is CNc1ncn(CC(O)CN2CCN(C(c3ccccc3)c3ccccc3)CC2)c2ncnc1-2. The summed E-state index contributed by atoms with van der Waals surface area (Å²) >= 11 is 0. The van der Waals surface area contributed by atoms with Gasteiger partial charge in [-0.1, -0.05) is 60.7 Å². The molecule has 0 spiro atoms. The zero-order valence-corrected chi connectivity index (χ0v) is 19.5. The van der Waals surface area contributed by atoms with Gasteiger partial charge in [0, 0.05) is 39.8 Å². The van der Waals surface area contributed by atoms with Crippen molar-refractivity contribution in [2.75, 3.05) is 45.1 Å². The predicted octanol–water partition coefficient (Wildman–Crippen LogP) is 2.59. The molecule has 1 fully saturated rings. The molecule has 3 heterocycles. The van der Waals surface area contributed by atoms with E-state index in [4.69, 9.17) is 0 Å². The summed E-state index contributed by atoms with van der Waals surface area (Å²) in [6.07, 6.45) is 2.73. The van der Waals surface area contributed by atoms with Crippen LogP contribution in [0.15, 0.2) is 73.3 Å². The van der Waals surface area contributed by atoms with Gasteiger partial charge in [0.1, 0.15) is 12.0 Å². The fraction of sp³-hybridized carbons (Fsp3) is 0.346. The Labute approximate surface area is 200 Å². The first-order valence-electron chi connectivity index (χ1n) is 11.8. The molecule has 2 aromatic rings. The average molecular weight is 458 g/mol. The van der Waals surface area contributed by atoms with E-state index in [1.807, 2.05) is 11.6 Å². The smallest absolute Gasteiger partial charge is 0.165 e. The Hall–Kier alpha value is -3.33. The van der Waals surface area contributed by atoms with Crippen LogP contribution in [0.1, 0.15) is 17.2 Å². The molecule has 0 bridgehead atoms. The summed E-state index contributed by atoms with van der Waals surface area (Å²) in [4.78, 5) is 17.9. The Morgan fingerprint density at radius 2 is 1.50 bits per heavy atom. The van der Waals surface area contributed by atoms with Crippen molar-refractivity contribution in [2.24, 2.45) is 0 Å². The fourth-order valence-corrected chi connectivity index (χ4v) is 4.87. The van der Waals surface area contributed by atoms with E-state index >= 15 is 0 Å². The molecule has 0 aliphatic carbocycles. The van der Waals surface area contributed by atoms with Gasteiger partial charge in [-0.3, -0.25) is 9.80 Å². The largest absolute Gasteiger partial charge is 0.390 e. The van der Waals surface area contributed by atoms with Gasteiger partial charge in [-0.05, 0) is 11.1 Å². The normalized spacial score (nSPS) is 16.2. The van der Waals surface area contributed by atoms with Crippen molar-refractivity contribution >= 4 is 5.82 Å². The highest BCUT2D eigenvalue weighted by molar-refractivity contribution is 5.66. The molecule has 2 N–H and O–H groups in total. The number of piperazine rings is 1. The van der Waals surface area contributed by atoms with Crippen molar-refractivity contribution in [1.82, 2.24) is 29.3 Å². The van der Waals surface area contributed by atoms with E-state index in [1.54, 1.807) is 6.33 Å². The van der Waals surface area contributed by atoms with Gasteiger partial charge >= 0.3 is 0 Å². The van der Waals surface area contributed by atoms with Crippen molar-refractivity contribution in [1.29, 1.82) is 0 Å². The number of hydrogen-bond donors (Lipinski definition) is 2. The molecule has 0 radical (unpaired) electrons. The molecular formula is C26H31N7O. The summed E-state index contributed by atoms with van der Waals surface area (Å²) < 4.78 is 1.88. The summed E-state index contributed by atoms with van der Waals surface area (Å²) in [7, 11) is 1.81. The first-order chi connectivity index (χ1) is 16.7. The minimum Gasteiger partial charge on any atom is -0.390 e. The number of nitrogens with zero attached hydrogens (tertiary/aromatic N) is 6. The van der Waals surface area contributed by atoms with Gasteiger partial charge < -0.3 is 15.0 Å². The van der Waals surface area contributed by atoms with Crippen LogP contribution < -0.4 is 5.32 Å². The molecule has 5 rings (SSSR count). The van der Waals surface area contributed by atoms with Gasteiger partial charge in [0.05, 0.1) is 25.0 Å². The molecule has 0 amide bonds. The maximum Gasteiger partial charge on any atom is 0.165 e. The number of hydrogen-bond acceptors (Lipinski definition) is 7. The van der Waals surface area contributed by atoms with Crippen LogP contribution in [0.5, 0.6) is 0 Å². The quantitative estimate of drug-likeness (QED) is 0.421. The number of rotatable bonds is 8. The number of aromatic nitrogens is 4. The van der Waals surface area contributed by atoms with Gasteiger partial charge in [-0.2, -0.15) is 0 Å². The van der Waals surface area contributed by atoms with Crippen LogP contribution in [-0.4, -0.2) is 80.3 Å². The van der Waals surface area contributed by atoms with Crippen molar-refractivity contribution in [3.63, 3.8) is 0 Å². The Kier molecular flexibility index (Phi) is 6.80. The summed E-state index contributed by atoms with van der Waals surface area (Å²) in [5.74, 6) is 1.43. The van der Waals surface area contributed by atoms with Crippen LogP contribution in [-0.2, 0) is 6.54 Å². The van der Waals surface area contributed by atoms with E-state index in [1.165, 1.54) is 17.5 Å². The van der Waals surface area contributed by atoms with E-state index in [9.17, 15) is 5.11 Å². The van der Waals surface area contributed by atoms with Gasteiger partial charge in [-0.15, -0.1) is 0 Å². The van der Waals surface area contributed by atoms with Gasteiger partial charge in [0.2, 0.25) is 0 Å². The molecule has 3 aliphatic rings. The number of nitrogens with one attached hydrogen (secondary N) is 1. The number of aliphatic hydroxyl groups is 1. The lowest BCUT2D eigenvalue weighted by Gasteiger charge is -2.40. The van der Waals surface area contributed by atoms with E-state index in [0.717, 1.165) is 37.7 Å². The first-order valence-corrected chi connectivity index (χ1v) is 11.8. The van der Waals surface area contributed by atoms with Crippen LogP contribution in [0, 0.1) is 0 Å². The molecule has 176 valence electrons. The standard InChI is InChI=1S/C26H31N7O/c1-27-25-23-26(29-18-28-23)33(19-30-25)17-22(34)16-31-12-14-32(15-13-31)24(20-8-4-2-5-9-20)21-10-6-3-7-11-21/h2-11,18-19,22,24,27,34H,12-17H2,1H3. The molecule has 8 nitrogen and oxygen atoms in total. The third-order valence-corrected chi connectivity index (χ3v) is 6.52. The van der Waals surface area contributed by atoms with Crippen LogP contribution in [0.4, 0.5) is 5.82 Å². The van der Waals surface area contributed by atoms with Crippen molar-refractivity contribution in [2.45, 2.75) is 18.7 Å². The molecule has 1 saturated heterocycles. The molecule has 3 aliphatic heterocycles. The summed E-state index contributed by atoms with van der Waals surface area (Å²) in [6.45, 7) is 4.78. The molecule has 2 aromatic carbocycles. The molecular weight excluding hydrogens is 426 g/mol. The summed E-state index contributed by atoms with van der Waals surface area (Å²) in [5.41, 5.74) is 3.35. The molecule has 1 unspecified atom stereocenters. The Balaban J connectivity index is 1.22. The van der Waals surface area contributed by atoms with E-state index in [2.05, 4.69) is 90.7 Å². The van der Waals surface area contributed by atoms with Gasteiger partial charge in [-0.25, -0.2) is 15.0 Å². The zero-order valence-electron chi connectivity index (χ0n) is 19.5. The average Bonchev–Trinajstić information content (AvgIpc) is 3.38. The number of anilines is 1. The lowest BCUT2D eigenvalue weighted by molar-refractivity contribution is 0.0555. The first kappa shape index (κ1) is 22.5. The third kappa shape index (κ3) is 4.79. The minimum absolute atomic E-state index is 0.242. The van der Waals surface area contributed by atoms with Crippen LogP contribution in [0.2, 0.25) is 0 Å². The summed E-state index contributed by atoms with van der Waals surface area (Å²) in [6, 6.07) is 21.7. The Morgan fingerprint density at radius 3 is 2.12 bits per heavy atom. The van der Waals surface area contributed by atoms with Gasteiger partial charge in [0.25, 0.3) is 0 Å². The van der Waals surface area contributed by atoms with Crippen LogP contribution >= 0.6 is 0 Å². The Morgan fingerprint density at radius 1 is 0.853 bits per heavy atom. The lowest BCUT2D eigenvalue weighted by atomic mass is 9.96. The number of imidazole rings is 1. The van der Waals surface area contributed by atoms with E-state index in [0.29, 0.717) is 18.9 Å². The highest BCUT2D eigenvalue weighted by atomic mass is 16.3. The monoisotopic (exact) mass is 457 g/mol. The number of β-amino-alcohol motifs (C(OH)–C–C–N with tert-alkyl or cyclic N) is 1. The van der Waals surface area contributed by atoms with Crippen molar-refractivity contribution < 1.29 is 5.11 Å². The molecule has 1 atom stereocenters. The second kappa shape index (κ2) is 10.3. The molecule has 0 aromatic heterocycles. The van der Waals surface area contributed by atoms with E-state index < -0.39 is 6.10 Å². The Bertz CT molecular complexity index is 1100. The molecule has 34 heavy (non-hydrogen) atoms. The van der Waals surface area contributed by atoms with Crippen molar-refractivity contribution in [3.8, 4) is 11.5 Å². The van der Waals surface area contributed by atoms with Gasteiger partial charge in [0.15, 0.2) is 11.6 Å². The maximum atomic E-state index is 10.8. The van der Waals surface area contributed by atoms with Crippen LogP contribution in [0.25, 0.3) is 11.5 Å². The minimum atomic E-state index is -0.516. The number of fused-ring (bicyclic) bond motifs is 1. The maximum absolute atomic E-state index is 10.8. The highest BCUT2D eigenvalue weighted by Crippen LogP contribution is 2.29. The second-order valence-corrected chi connectivity index (χ2v) is 8.76. The van der Waals surface area contributed by atoms with Crippen molar-refractivity contribution in [3.05, 3.63) is 84.4 Å². The molecule has 8 heteroatoms. The number of aliphatic hydroxyl groups excluding tert-OH is 1. The predicted molar refractivity (Wildman–Crippen MR) is 133 cm³/mol. The fourth-order valence-electron chi connectivity index (χ4n) is 4.87. The number of benzene rings is 2. The van der Waals surface area contributed by atoms with E-state index in [-0.39, 0.29) is 6.04 Å². The highest BCUT2D eigenvalue weighted by Gasteiger charge is 2.27. The third-order valence-electron chi connectivity index (χ3n) is 6.52.